The number of piperidine rings is 1. The van der Waals surface area contributed by atoms with E-state index in [1.807, 2.05) is 61.5 Å². The fourth-order valence-electron chi connectivity index (χ4n) is 3.87. The third-order valence-electron chi connectivity index (χ3n) is 5.57. The SMILES string of the molecule is Cc1ccc(-c2nc(CCNC(=O)C(c3ccccc3)N3CCCCC3=O)co2)cc1. The number of rotatable bonds is 7. The maximum Gasteiger partial charge on any atom is 0.247 e. The van der Waals surface area contributed by atoms with Crippen LogP contribution in [0.4, 0.5) is 0 Å². The molecule has 160 valence electrons. The highest BCUT2D eigenvalue weighted by atomic mass is 16.3. The zero-order valence-corrected chi connectivity index (χ0v) is 17.7. The lowest BCUT2D eigenvalue weighted by Gasteiger charge is -2.34. The Balaban J connectivity index is 1.40. The molecule has 6 heteroatoms. The van der Waals surface area contributed by atoms with E-state index < -0.39 is 6.04 Å². The van der Waals surface area contributed by atoms with Crippen LogP contribution >= 0.6 is 0 Å². The fourth-order valence-corrected chi connectivity index (χ4v) is 3.87. The van der Waals surface area contributed by atoms with Gasteiger partial charge in [0.25, 0.3) is 0 Å². The summed E-state index contributed by atoms with van der Waals surface area (Å²) in [6, 6.07) is 16.9. The minimum Gasteiger partial charge on any atom is -0.444 e. The standard InChI is InChI=1S/C25H27N3O3/c1-18-10-12-20(13-11-18)25-27-21(17-31-25)14-15-26-24(30)23(19-7-3-2-4-8-19)28-16-6-5-9-22(28)29/h2-4,7-8,10-13,17,23H,5-6,9,14-16H2,1H3,(H,26,30). The van der Waals surface area contributed by atoms with Gasteiger partial charge in [-0.2, -0.15) is 0 Å². The van der Waals surface area contributed by atoms with E-state index in [1.165, 1.54) is 5.56 Å². The first kappa shape index (κ1) is 20.8. The second kappa shape index (κ2) is 9.60. The molecule has 1 saturated heterocycles. The van der Waals surface area contributed by atoms with Crippen molar-refractivity contribution < 1.29 is 14.0 Å². The number of carbonyl (C=O) groups excluding carboxylic acids is 2. The second-order valence-electron chi connectivity index (χ2n) is 7.91. The molecule has 0 saturated carbocycles. The zero-order chi connectivity index (χ0) is 21.6. The van der Waals surface area contributed by atoms with E-state index >= 15 is 0 Å². The number of aryl methyl sites for hydroxylation is 1. The molecule has 0 radical (unpaired) electrons. The number of benzene rings is 2. The molecule has 1 aliphatic heterocycles. The second-order valence-corrected chi connectivity index (χ2v) is 7.91. The van der Waals surface area contributed by atoms with Gasteiger partial charge >= 0.3 is 0 Å². The molecule has 1 atom stereocenters. The molecule has 2 amide bonds. The Morgan fingerprint density at radius 1 is 1.13 bits per heavy atom. The number of aromatic nitrogens is 1. The van der Waals surface area contributed by atoms with Crippen LogP contribution in [-0.2, 0) is 16.0 Å². The van der Waals surface area contributed by atoms with Crippen molar-refractivity contribution in [3.63, 3.8) is 0 Å². The van der Waals surface area contributed by atoms with Crippen LogP contribution in [0.3, 0.4) is 0 Å². The highest BCUT2D eigenvalue weighted by Gasteiger charge is 2.32. The monoisotopic (exact) mass is 417 g/mol. The Bertz CT molecular complexity index is 1030. The smallest absolute Gasteiger partial charge is 0.247 e. The predicted octanol–water partition coefficient (Wildman–Crippen LogP) is 4.06. The first-order valence-electron chi connectivity index (χ1n) is 10.8. The van der Waals surface area contributed by atoms with Gasteiger partial charge in [0, 0.05) is 31.5 Å². The van der Waals surface area contributed by atoms with Crippen molar-refractivity contribution in [2.24, 2.45) is 0 Å². The third kappa shape index (κ3) is 5.02. The van der Waals surface area contributed by atoms with Crippen molar-refractivity contribution in [3.05, 3.63) is 77.7 Å². The van der Waals surface area contributed by atoms with E-state index in [4.69, 9.17) is 4.42 Å². The number of hydrogen-bond acceptors (Lipinski definition) is 4. The Hall–Kier alpha value is -3.41. The van der Waals surface area contributed by atoms with Crippen LogP contribution in [0.2, 0.25) is 0 Å². The minimum atomic E-state index is -0.602. The van der Waals surface area contributed by atoms with Gasteiger partial charge in [-0.3, -0.25) is 9.59 Å². The average Bonchev–Trinajstić information content (AvgIpc) is 3.25. The summed E-state index contributed by atoms with van der Waals surface area (Å²) in [5, 5.41) is 2.99. The lowest BCUT2D eigenvalue weighted by atomic mass is 10.0. The maximum atomic E-state index is 13.1. The first-order chi connectivity index (χ1) is 15.1. The number of nitrogens with zero attached hydrogens (tertiary/aromatic N) is 2. The lowest BCUT2D eigenvalue weighted by molar-refractivity contribution is -0.142. The van der Waals surface area contributed by atoms with Gasteiger partial charge in [-0.05, 0) is 37.5 Å². The normalized spacial score (nSPS) is 15.0. The van der Waals surface area contributed by atoms with E-state index in [0.717, 1.165) is 29.7 Å². The molecule has 0 spiro atoms. The summed E-state index contributed by atoms with van der Waals surface area (Å²) in [4.78, 5) is 31.8. The Labute approximate surface area is 182 Å². The van der Waals surface area contributed by atoms with Crippen LogP contribution < -0.4 is 5.32 Å². The minimum absolute atomic E-state index is 0.0366. The van der Waals surface area contributed by atoms with E-state index in [-0.39, 0.29) is 11.8 Å². The topological polar surface area (TPSA) is 75.4 Å². The number of carbonyl (C=O) groups is 2. The molecule has 3 aromatic rings. The predicted molar refractivity (Wildman–Crippen MR) is 118 cm³/mol. The van der Waals surface area contributed by atoms with Crippen molar-refractivity contribution in [1.82, 2.24) is 15.2 Å². The number of amides is 2. The molecule has 4 rings (SSSR count). The Kier molecular flexibility index (Phi) is 6.46. The van der Waals surface area contributed by atoms with Crippen LogP contribution in [0.1, 0.15) is 42.1 Å². The van der Waals surface area contributed by atoms with Crippen LogP contribution in [0.25, 0.3) is 11.5 Å². The van der Waals surface area contributed by atoms with Crippen LogP contribution in [0.5, 0.6) is 0 Å². The number of nitrogens with one attached hydrogen (secondary N) is 1. The molecule has 1 fully saturated rings. The summed E-state index contributed by atoms with van der Waals surface area (Å²) < 4.78 is 5.60. The average molecular weight is 418 g/mol. The van der Waals surface area contributed by atoms with Gasteiger partial charge in [0.1, 0.15) is 12.3 Å². The molecular weight excluding hydrogens is 390 g/mol. The molecule has 6 nitrogen and oxygen atoms in total. The van der Waals surface area contributed by atoms with Crippen molar-refractivity contribution >= 4 is 11.8 Å². The van der Waals surface area contributed by atoms with Crippen molar-refractivity contribution in [1.29, 1.82) is 0 Å². The van der Waals surface area contributed by atoms with Crippen molar-refractivity contribution in [2.45, 2.75) is 38.6 Å². The summed E-state index contributed by atoms with van der Waals surface area (Å²) in [5.74, 6) is 0.445. The molecule has 0 bridgehead atoms. The van der Waals surface area contributed by atoms with Gasteiger partial charge < -0.3 is 14.6 Å². The highest BCUT2D eigenvalue weighted by molar-refractivity contribution is 5.89. The Morgan fingerprint density at radius 3 is 2.65 bits per heavy atom. The summed E-state index contributed by atoms with van der Waals surface area (Å²) in [5.41, 5.74) is 3.71. The van der Waals surface area contributed by atoms with Gasteiger partial charge in [0.2, 0.25) is 17.7 Å². The summed E-state index contributed by atoms with van der Waals surface area (Å²) in [6.45, 7) is 3.06. The number of likely N-dealkylation sites (tertiary alicyclic amines) is 1. The van der Waals surface area contributed by atoms with E-state index in [1.54, 1.807) is 11.2 Å². The van der Waals surface area contributed by atoms with Crippen molar-refractivity contribution in [2.75, 3.05) is 13.1 Å². The maximum absolute atomic E-state index is 13.1. The largest absolute Gasteiger partial charge is 0.444 e. The molecular formula is C25H27N3O3. The van der Waals surface area contributed by atoms with Gasteiger partial charge in [0.05, 0.1) is 5.69 Å². The fraction of sp³-hybridized carbons (Fsp3) is 0.320. The van der Waals surface area contributed by atoms with Crippen LogP contribution in [-0.4, -0.2) is 34.8 Å². The molecule has 1 aliphatic rings. The van der Waals surface area contributed by atoms with E-state index in [9.17, 15) is 9.59 Å². The quantitative estimate of drug-likeness (QED) is 0.629. The molecule has 1 N–H and O–H groups in total. The molecule has 31 heavy (non-hydrogen) atoms. The first-order valence-corrected chi connectivity index (χ1v) is 10.8. The summed E-state index contributed by atoms with van der Waals surface area (Å²) >= 11 is 0. The molecule has 1 unspecified atom stereocenters. The van der Waals surface area contributed by atoms with Crippen LogP contribution in [0.15, 0.2) is 65.3 Å². The van der Waals surface area contributed by atoms with E-state index in [2.05, 4.69) is 10.3 Å². The number of hydrogen-bond donors (Lipinski definition) is 1. The van der Waals surface area contributed by atoms with Gasteiger partial charge in [-0.15, -0.1) is 0 Å². The van der Waals surface area contributed by atoms with Gasteiger partial charge in [-0.25, -0.2) is 4.98 Å². The number of oxazole rings is 1. The lowest BCUT2D eigenvalue weighted by Crippen LogP contribution is -2.46. The molecule has 2 aromatic carbocycles. The summed E-state index contributed by atoms with van der Waals surface area (Å²) in [7, 11) is 0. The third-order valence-corrected chi connectivity index (χ3v) is 5.57. The van der Waals surface area contributed by atoms with Crippen molar-refractivity contribution in [3.8, 4) is 11.5 Å². The van der Waals surface area contributed by atoms with Gasteiger partial charge in [-0.1, -0.05) is 48.0 Å². The highest BCUT2D eigenvalue weighted by Crippen LogP contribution is 2.26. The van der Waals surface area contributed by atoms with E-state index in [0.29, 0.717) is 31.8 Å². The zero-order valence-electron chi connectivity index (χ0n) is 17.7. The van der Waals surface area contributed by atoms with Gasteiger partial charge in [0.15, 0.2) is 0 Å². The summed E-state index contributed by atoms with van der Waals surface area (Å²) in [6.07, 6.45) is 4.48. The Morgan fingerprint density at radius 2 is 1.90 bits per heavy atom. The molecule has 0 aliphatic carbocycles. The van der Waals surface area contributed by atoms with Crippen LogP contribution in [0, 0.1) is 6.92 Å². The molecule has 2 heterocycles. The molecule has 1 aromatic heterocycles.